The molecule has 1 amide bonds. The molecule has 144 valence electrons. The zero-order chi connectivity index (χ0) is 19.9. The minimum Gasteiger partial charge on any atom is -0.347 e. The maximum Gasteiger partial charge on any atom is 0.232 e. The van der Waals surface area contributed by atoms with Crippen LogP contribution < -0.4 is 5.32 Å². The third kappa shape index (κ3) is 4.58. The molecule has 1 atom stereocenters. The molecule has 4 aromatic rings. The smallest absolute Gasteiger partial charge is 0.232 e. The first kappa shape index (κ1) is 18.6. The molecule has 0 radical (unpaired) electrons. The van der Waals surface area contributed by atoms with Crippen LogP contribution in [0.25, 0.3) is 0 Å². The maximum atomic E-state index is 13.5. The summed E-state index contributed by atoms with van der Waals surface area (Å²) < 4.78 is 0. The van der Waals surface area contributed by atoms with Crippen LogP contribution in [0, 0.1) is 0 Å². The lowest BCUT2D eigenvalue weighted by Crippen LogP contribution is -2.36. The second kappa shape index (κ2) is 8.97. The Balaban J connectivity index is 1.65. The molecule has 0 aliphatic heterocycles. The zero-order valence-electron chi connectivity index (χ0n) is 15.9. The molecule has 29 heavy (non-hydrogen) atoms. The van der Waals surface area contributed by atoms with Crippen molar-refractivity contribution in [3.8, 4) is 0 Å². The fourth-order valence-corrected chi connectivity index (χ4v) is 3.46. The standard InChI is InChI=1S/C24H22N4O/c29-24(23(20-12-6-2-7-13-20)21-14-8-3-9-15-21)27-22(18-28-25-16-17-26-28)19-10-4-1-5-11-19/h1-17,22-23H,18H2,(H,27,29). The Bertz CT molecular complexity index is 979. The minimum absolute atomic E-state index is 0.0524. The van der Waals surface area contributed by atoms with Gasteiger partial charge in [-0.05, 0) is 16.7 Å². The van der Waals surface area contributed by atoms with Gasteiger partial charge >= 0.3 is 0 Å². The minimum atomic E-state index is -0.394. The molecule has 4 rings (SSSR count). The monoisotopic (exact) mass is 382 g/mol. The van der Waals surface area contributed by atoms with Gasteiger partial charge in [0.05, 0.1) is 30.9 Å². The number of hydrogen-bond donors (Lipinski definition) is 1. The molecular weight excluding hydrogens is 360 g/mol. The lowest BCUT2D eigenvalue weighted by Gasteiger charge is -2.23. The quantitative estimate of drug-likeness (QED) is 0.526. The van der Waals surface area contributed by atoms with E-state index >= 15 is 0 Å². The SMILES string of the molecule is O=C(NC(Cn1nccn1)c1ccccc1)C(c1ccccc1)c1ccccc1. The van der Waals surface area contributed by atoms with E-state index in [1.807, 2.05) is 91.0 Å². The van der Waals surface area contributed by atoms with Crippen LogP contribution in [-0.2, 0) is 11.3 Å². The highest BCUT2D eigenvalue weighted by molar-refractivity contribution is 5.87. The average Bonchev–Trinajstić information content (AvgIpc) is 3.29. The first-order valence-electron chi connectivity index (χ1n) is 9.60. The molecule has 0 bridgehead atoms. The van der Waals surface area contributed by atoms with Gasteiger partial charge in [-0.2, -0.15) is 15.0 Å². The molecule has 0 saturated carbocycles. The summed E-state index contributed by atoms with van der Waals surface area (Å²) in [6, 6.07) is 29.4. The van der Waals surface area contributed by atoms with Gasteiger partial charge < -0.3 is 5.32 Å². The third-order valence-electron chi connectivity index (χ3n) is 4.86. The van der Waals surface area contributed by atoms with Crippen LogP contribution in [0.5, 0.6) is 0 Å². The van der Waals surface area contributed by atoms with Gasteiger partial charge in [0.2, 0.25) is 5.91 Å². The van der Waals surface area contributed by atoms with Crippen LogP contribution in [0.3, 0.4) is 0 Å². The van der Waals surface area contributed by atoms with E-state index in [1.54, 1.807) is 17.2 Å². The van der Waals surface area contributed by atoms with Crippen molar-refractivity contribution in [2.75, 3.05) is 0 Å². The summed E-state index contributed by atoms with van der Waals surface area (Å²) in [4.78, 5) is 15.1. The summed E-state index contributed by atoms with van der Waals surface area (Å²) in [7, 11) is 0. The number of carbonyl (C=O) groups is 1. The lowest BCUT2D eigenvalue weighted by atomic mass is 9.90. The van der Waals surface area contributed by atoms with Crippen LogP contribution in [0.15, 0.2) is 103 Å². The van der Waals surface area contributed by atoms with Gasteiger partial charge in [0, 0.05) is 0 Å². The fraction of sp³-hybridized carbons (Fsp3) is 0.125. The van der Waals surface area contributed by atoms with Gasteiger partial charge in [0.25, 0.3) is 0 Å². The summed E-state index contributed by atoms with van der Waals surface area (Å²) in [5.74, 6) is -0.447. The molecule has 0 fully saturated rings. The van der Waals surface area contributed by atoms with E-state index in [-0.39, 0.29) is 11.9 Å². The number of amides is 1. The highest BCUT2D eigenvalue weighted by Gasteiger charge is 2.26. The Labute approximate surface area is 170 Å². The molecule has 5 heteroatoms. The number of benzene rings is 3. The second-order valence-electron chi connectivity index (χ2n) is 6.81. The van der Waals surface area contributed by atoms with Crippen LogP contribution >= 0.6 is 0 Å². The number of aromatic nitrogens is 3. The van der Waals surface area contributed by atoms with Crippen molar-refractivity contribution in [3.63, 3.8) is 0 Å². The molecule has 1 aromatic heterocycles. The van der Waals surface area contributed by atoms with E-state index in [0.717, 1.165) is 16.7 Å². The van der Waals surface area contributed by atoms with Crippen LogP contribution in [0.1, 0.15) is 28.7 Å². The Kier molecular flexibility index (Phi) is 5.76. The molecule has 0 spiro atoms. The number of nitrogens with zero attached hydrogens (tertiary/aromatic N) is 3. The van der Waals surface area contributed by atoms with Crippen molar-refractivity contribution in [3.05, 3.63) is 120 Å². The molecule has 1 N–H and O–H groups in total. The predicted octanol–water partition coefficient (Wildman–Crippen LogP) is 3.97. The summed E-state index contributed by atoms with van der Waals surface area (Å²) in [5, 5.41) is 11.6. The summed E-state index contributed by atoms with van der Waals surface area (Å²) in [6.07, 6.45) is 3.28. The van der Waals surface area contributed by atoms with Gasteiger partial charge in [-0.25, -0.2) is 0 Å². The predicted molar refractivity (Wildman–Crippen MR) is 112 cm³/mol. The number of nitrogens with one attached hydrogen (secondary N) is 1. The van der Waals surface area contributed by atoms with E-state index in [0.29, 0.717) is 6.54 Å². The Morgan fingerprint density at radius 2 is 1.17 bits per heavy atom. The van der Waals surface area contributed by atoms with Gasteiger partial charge in [-0.3, -0.25) is 4.79 Å². The van der Waals surface area contributed by atoms with Gasteiger partial charge in [-0.1, -0.05) is 91.0 Å². The van der Waals surface area contributed by atoms with E-state index in [2.05, 4.69) is 15.5 Å². The van der Waals surface area contributed by atoms with E-state index in [9.17, 15) is 4.79 Å². The molecule has 0 saturated heterocycles. The van der Waals surface area contributed by atoms with Crippen molar-refractivity contribution >= 4 is 5.91 Å². The maximum absolute atomic E-state index is 13.5. The Hall–Kier alpha value is -3.73. The molecule has 5 nitrogen and oxygen atoms in total. The summed E-state index contributed by atoms with van der Waals surface area (Å²) >= 11 is 0. The summed E-state index contributed by atoms with van der Waals surface area (Å²) in [5.41, 5.74) is 2.93. The second-order valence-corrected chi connectivity index (χ2v) is 6.81. The zero-order valence-corrected chi connectivity index (χ0v) is 15.9. The van der Waals surface area contributed by atoms with Crippen LogP contribution in [0.4, 0.5) is 0 Å². The highest BCUT2D eigenvalue weighted by atomic mass is 16.2. The lowest BCUT2D eigenvalue weighted by molar-refractivity contribution is -0.122. The van der Waals surface area contributed by atoms with Gasteiger partial charge in [0.1, 0.15) is 0 Å². The topological polar surface area (TPSA) is 59.8 Å². The van der Waals surface area contributed by atoms with Crippen LogP contribution in [-0.4, -0.2) is 20.9 Å². The first-order chi connectivity index (χ1) is 14.3. The molecule has 1 heterocycles. The Morgan fingerprint density at radius 3 is 1.66 bits per heavy atom. The van der Waals surface area contributed by atoms with Crippen LogP contribution in [0.2, 0.25) is 0 Å². The fourth-order valence-electron chi connectivity index (χ4n) is 3.46. The van der Waals surface area contributed by atoms with E-state index in [4.69, 9.17) is 0 Å². The molecule has 1 unspecified atom stereocenters. The normalized spacial score (nSPS) is 11.9. The number of carbonyl (C=O) groups excluding carboxylic acids is 1. The summed E-state index contributed by atoms with van der Waals surface area (Å²) in [6.45, 7) is 0.457. The van der Waals surface area contributed by atoms with E-state index < -0.39 is 5.92 Å². The molecule has 3 aromatic carbocycles. The van der Waals surface area contributed by atoms with Gasteiger partial charge in [0.15, 0.2) is 0 Å². The highest BCUT2D eigenvalue weighted by Crippen LogP contribution is 2.26. The number of rotatable bonds is 7. The molecule has 0 aliphatic rings. The van der Waals surface area contributed by atoms with Crippen molar-refractivity contribution < 1.29 is 4.79 Å². The molecular formula is C24H22N4O. The van der Waals surface area contributed by atoms with E-state index in [1.165, 1.54) is 0 Å². The van der Waals surface area contributed by atoms with Crippen molar-refractivity contribution in [2.45, 2.75) is 18.5 Å². The number of hydrogen-bond acceptors (Lipinski definition) is 3. The van der Waals surface area contributed by atoms with Crippen molar-refractivity contribution in [1.29, 1.82) is 0 Å². The molecule has 0 aliphatic carbocycles. The average molecular weight is 382 g/mol. The first-order valence-corrected chi connectivity index (χ1v) is 9.60. The van der Waals surface area contributed by atoms with Gasteiger partial charge in [-0.15, -0.1) is 0 Å². The van der Waals surface area contributed by atoms with Crippen molar-refractivity contribution in [2.24, 2.45) is 0 Å². The Morgan fingerprint density at radius 1 is 0.724 bits per heavy atom. The van der Waals surface area contributed by atoms with Crippen molar-refractivity contribution in [1.82, 2.24) is 20.3 Å². The third-order valence-corrected chi connectivity index (χ3v) is 4.86. The largest absolute Gasteiger partial charge is 0.347 e.